The SMILES string of the molecule is COC1(CC(=O)N2CCC(C)C(CN)C2)CCC1. The molecule has 0 radical (unpaired) electrons. The Balaban J connectivity index is 1.89. The number of hydrogen-bond donors (Lipinski definition) is 1. The quantitative estimate of drug-likeness (QED) is 0.825. The van der Waals surface area contributed by atoms with E-state index in [-0.39, 0.29) is 11.5 Å². The van der Waals surface area contributed by atoms with Crippen molar-refractivity contribution in [2.45, 2.75) is 44.6 Å². The number of ether oxygens (including phenoxy) is 1. The third kappa shape index (κ3) is 2.69. The van der Waals surface area contributed by atoms with E-state index in [4.69, 9.17) is 10.5 Å². The number of carbonyl (C=O) groups excluding carboxylic acids is 1. The maximum absolute atomic E-state index is 12.3. The van der Waals surface area contributed by atoms with E-state index >= 15 is 0 Å². The van der Waals surface area contributed by atoms with Gasteiger partial charge in [0.05, 0.1) is 12.0 Å². The number of methoxy groups -OCH3 is 1. The van der Waals surface area contributed by atoms with Gasteiger partial charge in [-0.1, -0.05) is 6.92 Å². The van der Waals surface area contributed by atoms with Crippen LogP contribution in [0.2, 0.25) is 0 Å². The largest absolute Gasteiger partial charge is 0.378 e. The van der Waals surface area contributed by atoms with Gasteiger partial charge in [0.15, 0.2) is 0 Å². The van der Waals surface area contributed by atoms with Gasteiger partial charge in [-0.2, -0.15) is 0 Å². The minimum Gasteiger partial charge on any atom is -0.378 e. The topological polar surface area (TPSA) is 55.6 Å². The zero-order valence-corrected chi connectivity index (χ0v) is 11.7. The fourth-order valence-corrected chi connectivity index (χ4v) is 3.09. The Morgan fingerprint density at radius 1 is 1.50 bits per heavy atom. The van der Waals surface area contributed by atoms with Gasteiger partial charge >= 0.3 is 0 Å². The minimum atomic E-state index is -0.154. The summed E-state index contributed by atoms with van der Waals surface area (Å²) in [7, 11) is 1.73. The van der Waals surface area contributed by atoms with Crippen LogP contribution in [-0.2, 0) is 9.53 Å². The summed E-state index contributed by atoms with van der Waals surface area (Å²) >= 11 is 0. The van der Waals surface area contributed by atoms with E-state index in [2.05, 4.69) is 6.92 Å². The summed E-state index contributed by atoms with van der Waals surface area (Å²) in [4.78, 5) is 14.3. The molecular formula is C14H26N2O2. The molecule has 1 saturated carbocycles. The molecular weight excluding hydrogens is 228 g/mol. The summed E-state index contributed by atoms with van der Waals surface area (Å²) in [5.74, 6) is 1.35. The molecule has 2 rings (SSSR count). The minimum absolute atomic E-state index is 0.154. The van der Waals surface area contributed by atoms with Crippen molar-refractivity contribution in [2.75, 3.05) is 26.7 Å². The normalized spacial score (nSPS) is 30.9. The van der Waals surface area contributed by atoms with Crippen LogP contribution in [0.3, 0.4) is 0 Å². The number of piperidine rings is 1. The Kier molecular flexibility index (Phi) is 4.28. The first-order chi connectivity index (χ1) is 8.60. The summed E-state index contributed by atoms with van der Waals surface area (Å²) in [6.45, 7) is 4.63. The zero-order chi connectivity index (χ0) is 13.2. The lowest BCUT2D eigenvalue weighted by molar-refractivity contribution is -0.146. The lowest BCUT2D eigenvalue weighted by Gasteiger charge is -2.43. The Bertz CT molecular complexity index is 297. The lowest BCUT2D eigenvalue weighted by atomic mass is 9.77. The molecule has 0 bridgehead atoms. The van der Waals surface area contributed by atoms with Gasteiger partial charge in [0.2, 0.25) is 5.91 Å². The zero-order valence-electron chi connectivity index (χ0n) is 11.7. The summed E-state index contributed by atoms with van der Waals surface area (Å²) < 4.78 is 5.54. The van der Waals surface area contributed by atoms with Crippen LogP contribution in [0.5, 0.6) is 0 Å². The molecule has 1 aliphatic heterocycles. The van der Waals surface area contributed by atoms with Gasteiger partial charge in [-0.25, -0.2) is 0 Å². The number of nitrogens with two attached hydrogens (primary N) is 1. The molecule has 0 spiro atoms. The molecule has 0 aromatic carbocycles. The molecule has 2 fully saturated rings. The van der Waals surface area contributed by atoms with Gasteiger partial charge < -0.3 is 15.4 Å². The van der Waals surface area contributed by atoms with Gasteiger partial charge in [0.1, 0.15) is 0 Å². The van der Waals surface area contributed by atoms with E-state index in [9.17, 15) is 4.79 Å². The van der Waals surface area contributed by atoms with Crippen LogP contribution in [0.1, 0.15) is 39.0 Å². The van der Waals surface area contributed by atoms with Crippen molar-refractivity contribution in [3.63, 3.8) is 0 Å². The molecule has 2 unspecified atom stereocenters. The molecule has 1 saturated heterocycles. The second-order valence-electron chi connectivity index (χ2n) is 6.02. The number of carbonyl (C=O) groups is 1. The van der Waals surface area contributed by atoms with Crippen molar-refractivity contribution < 1.29 is 9.53 Å². The van der Waals surface area contributed by atoms with E-state index in [0.29, 0.717) is 24.8 Å². The molecule has 0 aromatic heterocycles. The molecule has 1 heterocycles. The standard InChI is InChI=1S/C14H26N2O2/c1-11-4-7-16(10-12(11)9-15)13(17)8-14(18-2)5-3-6-14/h11-12H,3-10,15H2,1-2H3. The first-order valence-corrected chi connectivity index (χ1v) is 7.13. The van der Waals surface area contributed by atoms with Crippen molar-refractivity contribution >= 4 is 5.91 Å². The van der Waals surface area contributed by atoms with Crippen LogP contribution in [0.25, 0.3) is 0 Å². The fourth-order valence-electron chi connectivity index (χ4n) is 3.09. The molecule has 2 aliphatic rings. The van der Waals surface area contributed by atoms with Crippen molar-refractivity contribution in [3.8, 4) is 0 Å². The summed E-state index contributed by atoms with van der Waals surface area (Å²) in [5.41, 5.74) is 5.63. The number of likely N-dealkylation sites (tertiary alicyclic amines) is 1. The molecule has 1 aliphatic carbocycles. The molecule has 2 N–H and O–H groups in total. The second-order valence-corrected chi connectivity index (χ2v) is 6.02. The first-order valence-electron chi connectivity index (χ1n) is 7.13. The fraction of sp³-hybridized carbons (Fsp3) is 0.929. The number of amides is 1. The summed E-state index contributed by atoms with van der Waals surface area (Å²) in [6, 6.07) is 0. The van der Waals surface area contributed by atoms with Crippen LogP contribution in [0.4, 0.5) is 0 Å². The second kappa shape index (κ2) is 5.57. The van der Waals surface area contributed by atoms with Crippen molar-refractivity contribution in [1.82, 2.24) is 4.90 Å². The van der Waals surface area contributed by atoms with Gasteiger partial charge in [0, 0.05) is 20.2 Å². The highest BCUT2D eigenvalue weighted by molar-refractivity contribution is 5.77. The van der Waals surface area contributed by atoms with E-state index in [1.54, 1.807) is 7.11 Å². The molecule has 0 aromatic rings. The van der Waals surface area contributed by atoms with E-state index < -0.39 is 0 Å². The maximum Gasteiger partial charge on any atom is 0.225 e. The smallest absolute Gasteiger partial charge is 0.225 e. The molecule has 2 atom stereocenters. The van der Waals surface area contributed by atoms with Crippen LogP contribution in [0, 0.1) is 11.8 Å². The third-order valence-electron chi connectivity index (χ3n) is 4.94. The van der Waals surface area contributed by atoms with Gasteiger partial charge in [0.25, 0.3) is 0 Å². The Morgan fingerprint density at radius 3 is 2.72 bits per heavy atom. The predicted molar refractivity (Wildman–Crippen MR) is 71.1 cm³/mol. The number of rotatable bonds is 4. The third-order valence-corrected chi connectivity index (χ3v) is 4.94. The number of hydrogen-bond acceptors (Lipinski definition) is 3. The summed E-state index contributed by atoms with van der Waals surface area (Å²) in [5, 5.41) is 0. The lowest BCUT2D eigenvalue weighted by Crippen LogP contribution is -2.49. The van der Waals surface area contributed by atoms with Crippen molar-refractivity contribution in [3.05, 3.63) is 0 Å². The highest BCUT2D eigenvalue weighted by Gasteiger charge is 2.40. The Hall–Kier alpha value is -0.610. The summed E-state index contributed by atoms with van der Waals surface area (Å²) in [6.07, 6.45) is 4.87. The van der Waals surface area contributed by atoms with Gasteiger partial charge in [-0.3, -0.25) is 4.79 Å². The molecule has 4 nitrogen and oxygen atoms in total. The highest BCUT2D eigenvalue weighted by Crippen LogP contribution is 2.38. The van der Waals surface area contributed by atoms with Gasteiger partial charge in [-0.05, 0) is 44.1 Å². The Labute approximate surface area is 110 Å². The first kappa shape index (κ1) is 13.8. The van der Waals surface area contributed by atoms with Crippen LogP contribution >= 0.6 is 0 Å². The molecule has 4 heteroatoms. The van der Waals surface area contributed by atoms with E-state index in [1.165, 1.54) is 6.42 Å². The van der Waals surface area contributed by atoms with Crippen molar-refractivity contribution in [2.24, 2.45) is 17.6 Å². The van der Waals surface area contributed by atoms with Gasteiger partial charge in [-0.15, -0.1) is 0 Å². The van der Waals surface area contributed by atoms with Crippen molar-refractivity contribution in [1.29, 1.82) is 0 Å². The molecule has 104 valence electrons. The average Bonchev–Trinajstić information content (AvgIpc) is 2.34. The molecule has 1 amide bonds. The van der Waals surface area contributed by atoms with E-state index in [0.717, 1.165) is 32.4 Å². The predicted octanol–water partition coefficient (Wildman–Crippen LogP) is 1.39. The van der Waals surface area contributed by atoms with Crippen LogP contribution < -0.4 is 5.73 Å². The number of nitrogens with zero attached hydrogens (tertiary/aromatic N) is 1. The molecule has 18 heavy (non-hydrogen) atoms. The van der Waals surface area contributed by atoms with E-state index in [1.807, 2.05) is 4.90 Å². The monoisotopic (exact) mass is 254 g/mol. The maximum atomic E-state index is 12.3. The van der Waals surface area contributed by atoms with Crippen LogP contribution in [-0.4, -0.2) is 43.2 Å². The van der Waals surface area contributed by atoms with Crippen LogP contribution in [0.15, 0.2) is 0 Å². The Morgan fingerprint density at radius 2 is 2.22 bits per heavy atom. The average molecular weight is 254 g/mol. The highest BCUT2D eigenvalue weighted by atomic mass is 16.5.